The Morgan fingerprint density at radius 3 is 2.88 bits per heavy atom. The minimum absolute atomic E-state index is 0.158. The Labute approximate surface area is 106 Å². The van der Waals surface area contributed by atoms with E-state index in [-0.39, 0.29) is 17.8 Å². The molecule has 1 aromatic rings. The van der Waals surface area contributed by atoms with Gasteiger partial charge in [-0.25, -0.2) is 9.37 Å². The van der Waals surface area contributed by atoms with Crippen molar-refractivity contribution in [3.8, 4) is 5.88 Å². The molecule has 5 heteroatoms. The zero-order valence-corrected chi connectivity index (χ0v) is 10.6. The third kappa shape index (κ3) is 3.30. The highest BCUT2D eigenvalue weighted by molar-refractivity contribution is 6.17. The van der Waals surface area contributed by atoms with Crippen LogP contribution in [0, 0.1) is 5.82 Å². The molecular formula is C12H16ClFN2O. The van der Waals surface area contributed by atoms with Crippen LogP contribution in [0.15, 0.2) is 12.3 Å². The van der Waals surface area contributed by atoms with E-state index in [0.29, 0.717) is 11.4 Å². The first kappa shape index (κ1) is 12.6. The topological polar surface area (TPSA) is 25.4 Å². The van der Waals surface area contributed by atoms with E-state index >= 15 is 0 Å². The molecule has 0 amide bonds. The number of rotatable bonds is 3. The molecule has 2 rings (SSSR count). The van der Waals surface area contributed by atoms with E-state index in [1.165, 1.54) is 12.3 Å². The van der Waals surface area contributed by atoms with Gasteiger partial charge in [-0.1, -0.05) is 0 Å². The standard InChI is InChI=1S/C12H16ClFN2O/c1-16-4-2-11(3-5-16)17-12-9(7-13)6-10(14)8-15-12/h6,8,11H,2-5,7H2,1H3. The maximum atomic E-state index is 13.0. The Kier molecular flexibility index (Phi) is 4.18. The number of alkyl halides is 1. The van der Waals surface area contributed by atoms with Crippen molar-refractivity contribution in [1.29, 1.82) is 0 Å². The molecule has 17 heavy (non-hydrogen) atoms. The van der Waals surface area contributed by atoms with Gasteiger partial charge in [0.05, 0.1) is 12.1 Å². The van der Waals surface area contributed by atoms with Gasteiger partial charge in [-0.2, -0.15) is 0 Å². The van der Waals surface area contributed by atoms with E-state index in [1.54, 1.807) is 0 Å². The van der Waals surface area contributed by atoms with Crippen LogP contribution in [0.5, 0.6) is 5.88 Å². The molecule has 3 nitrogen and oxygen atoms in total. The average Bonchev–Trinajstić information content (AvgIpc) is 2.34. The smallest absolute Gasteiger partial charge is 0.218 e. The minimum Gasteiger partial charge on any atom is -0.474 e. The highest BCUT2D eigenvalue weighted by Gasteiger charge is 2.19. The third-order valence-electron chi connectivity index (χ3n) is 2.98. The van der Waals surface area contributed by atoms with Gasteiger partial charge >= 0.3 is 0 Å². The third-order valence-corrected chi connectivity index (χ3v) is 3.27. The van der Waals surface area contributed by atoms with E-state index in [9.17, 15) is 4.39 Å². The summed E-state index contributed by atoms with van der Waals surface area (Å²) in [6.45, 7) is 2.03. The summed E-state index contributed by atoms with van der Waals surface area (Å²) in [5.74, 6) is 0.305. The number of hydrogen-bond acceptors (Lipinski definition) is 3. The Morgan fingerprint density at radius 1 is 1.53 bits per heavy atom. The molecule has 1 aromatic heterocycles. The summed E-state index contributed by atoms with van der Waals surface area (Å²) in [4.78, 5) is 6.23. The fraction of sp³-hybridized carbons (Fsp3) is 0.583. The summed E-state index contributed by atoms with van der Waals surface area (Å²) in [7, 11) is 2.09. The van der Waals surface area contributed by atoms with E-state index in [1.807, 2.05) is 0 Å². The van der Waals surface area contributed by atoms with Crippen molar-refractivity contribution in [2.45, 2.75) is 24.8 Å². The van der Waals surface area contributed by atoms with Crippen molar-refractivity contribution in [2.75, 3.05) is 20.1 Å². The first-order chi connectivity index (χ1) is 8.19. The van der Waals surface area contributed by atoms with Crippen molar-refractivity contribution in [3.05, 3.63) is 23.6 Å². The molecule has 0 aliphatic carbocycles. The van der Waals surface area contributed by atoms with Gasteiger partial charge in [0.2, 0.25) is 5.88 Å². The zero-order valence-electron chi connectivity index (χ0n) is 9.83. The molecule has 1 saturated heterocycles. The largest absolute Gasteiger partial charge is 0.474 e. The lowest BCUT2D eigenvalue weighted by Crippen LogP contribution is -2.35. The summed E-state index contributed by atoms with van der Waals surface area (Å²) in [5, 5.41) is 0. The Balaban J connectivity index is 2.03. The number of halogens is 2. The van der Waals surface area contributed by atoms with Gasteiger partial charge in [0.25, 0.3) is 0 Å². The average molecular weight is 259 g/mol. The second kappa shape index (κ2) is 5.65. The first-order valence-electron chi connectivity index (χ1n) is 5.74. The number of pyridine rings is 1. The molecule has 2 heterocycles. The number of aromatic nitrogens is 1. The monoisotopic (exact) mass is 258 g/mol. The quantitative estimate of drug-likeness (QED) is 0.779. The molecule has 0 N–H and O–H groups in total. The van der Waals surface area contributed by atoms with Crippen LogP contribution in [-0.4, -0.2) is 36.1 Å². The number of piperidine rings is 1. The zero-order chi connectivity index (χ0) is 12.3. The van der Waals surface area contributed by atoms with E-state index in [0.717, 1.165) is 25.9 Å². The summed E-state index contributed by atoms with van der Waals surface area (Å²) < 4.78 is 18.8. The fourth-order valence-electron chi connectivity index (χ4n) is 1.93. The maximum Gasteiger partial charge on any atom is 0.218 e. The van der Waals surface area contributed by atoms with Crippen LogP contribution in [0.3, 0.4) is 0 Å². The van der Waals surface area contributed by atoms with Crippen LogP contribution in [0.1, 0.15) is 18.4 Å². The highest BCUT2D eigenvalue weighted by atomic mass is 35.5. The van der Waals surface area contributed by atoms with Crippen LogP contribution in [-0.2, 0) is 5.88 Å². The van der Waals surface area contributed by atoms with Gasteiger partial charge in [0.1, 0.15) is 11.9 Å². The predicted octanol–water partition coefficient (Wildman–Crippen LogP) is 2.43. The Hall–Kier alpha value is -0.870. The van der Waals surface area contributed by atoms with Crippen molar-refractivity contribution in [2.24, 2.45) is 0 Å². The molecule has 0 atom stereocenters. The lowest BCUT2D eigenvalue weighted by atomic mass is 10.1. The molecule has 0 radical (unpaired) electrons. The van der Waals surface area contributed by atoms with Crippen LogP contribution < -0.4 is 4.74 Å². The molecule has 1 aliphatic rings. The summed E-state index contributed by atoms with van der Waals surface area (Å²) in [6.07, 6.45) is 3.26. The predicted molar refractivity (Wildman–Crippen MR) is 64.9 cm³/mol. The molecule has 0 spiro atoms. The molecule has 94 valence electrons. The lowest BCUT2D eigenvalue weighted by Gasteiger charge is -2.29. The number of nitrogens with zero attached hydrogens (tertiary/aromatic N) is 2. The molecular weight excluding hydrogens is 243 g/mol. The molecule has 0 saturated carbocycles. The maximum absolute atomic E-state index is 13.0. The van der Waals surface area contributed by atoms with Crippen molar-refractivity contribution in [3.63, 3.8) is 0 Å². The van der Waals surface area contributed by atoms with Crippen LogP contribution in [0.25, 0.3) is 0 Å². The van der Waals surface area contributed by atoms with Crippen LogP contribution in [0.4, 0.5) is 4.39 Å². The first-order valence-corrected chi connectivity index (χ1v) is 6.28. The van der Waals surface area contributed by atoms with Gasteiger partial charge in [-0.15, -0.1) is 11.6 Å². The highest BCUT2D eigenvalue weighted by Crippen LogP contribution is 2.22. The number of ether oxygens (including phenoxy) is 1. The molecule has 0 unspecified atom stereocenters. The molecule has 0 bridgehead atoms. The number of hydrogen-bond donors (Lipinski definition) is 0. The molecule has 1 fully saturated rings. The normalized spacial score (nSPS) is 18.3. The lowest BCUT2D eigenvalue weighted by molar-refractivity contribution is 0.109. The second-order valence-corrected chi connectivity index (χ2v) is 4.64. The van der Waals surface area contributed by atoms with Gasteiger partial charge in [0, 0.05) is 18.7 Å². The van der Waals surface area contributed by atoms with E-state index in [4.69, 9.17) is 16.3 Å². The summed E-state index contributed by atoms with van der Waals surface area (Å²) in [5.41, 5.74) is 0.616. The van der Waals surface area contributed by atoms with Crippen molar-refractivity contribution < 1.29 is 9.13 Å². The molecule has 0 aromatic carbocycles. The minimum atomic E-state index is -0.378. The van der Waals surface area contributed by atoms with E-state index < -0.39 is 0 Å². The van der Waals surface area contributed by atoms with Crippen molar-refractivity contribution >= 4 is 11.6 Å². The van der Waals surface area contributed by atoms with Crippen LogP contribution >= 0.6 is 11.6 Å². The van der Waals surface area contributed by atoms with Gasteiger partial charge < -0.3 is 9.64 Å². The SMILES string of the molecule is CN1CCC(Oc2ncc(F)cc2CCl)CC1. The van der Waals surface area contributed by atoms with Crippen molar-refractivity contribution in [1.82, 2.24) is 9.88 Å². The second-order valence-electron chi connectivity index (χ2n) is 4.37. The molecule has 1 aliphatic heterocycles. The summed E-state index contributed by atoms with van der Waals surface area (Å²) in [6, 6.07) is 1.38. The number of likely N-dealkylation sites (tertiary alicyclic amines) is 1. The van der Waals surface area contributed by atoms with Crippen LogP contribution in [0.2, 0.25) is 0 Å². The Morgan fingerprint density at radius 2 is 2.24 bits per heavy atom. The Bertz CT molecular complexity index is 381. The summed E-state index contributed by atoms with van der Waals surface area (Å²) >= 11 is 5.75. The van der Waals surface area contributed by atoms with Gasteiger partial charge in [-0.05, 0) is 26.0 Å². The van der Waals surface area contributed by atoms with Gasteiger partial charge in [-0.3, -0.25) is 0 Å². The van der Waals surface area contributed by atoms with Gasteiger partial charge in [0.15, 0.2) is 0 Å². The van der Waals surface area contributed by atoms with E-state index in [2.05, 4.69) is 16.9 Å². The fourth-order valence-corrected chi connectivity index (χ4v) is 2.12.